The third-order valence-corrected chi connectivity index (χ3v) is 3.86. The fraction of sp³-hybridized carbons (Fsp3) is 0.562. The number of amides is 1. The highest BCUT2D eigenvalue weighted by Gasteiger charge is 2.30. The lowest BCUT2D eigenvalue weighted by Crippen LogP contribution is -2.44. The summed E-state index contributed by atoms with van der Waals surface area (Å²) in [5.41, 5.74) is 2.37. The first-order chi connectivity index (χ1) is 9.61. The zero-order chi connectivity index (χ0) is 14.5. The molecule has 2 N–H and O–H groups in total. The average molecular weight is 276 g/mol. The summed E-state index contributed by atoms with van der Waals surface area (Å²) in [7, 11) is 1.68. The number of hydrogen-bond donors (Lipinski definition) is 2. The van der Waals surface area contributed by atoms with Crippen LogP contribution in [0.1, 0.15) is 19.4 Å². The van der Waals surface area contributed by atoms with Gasteiger partial charge in [0.15, 0.2) is 0 Å². The molecule has 0 bridgehead atoms. The Morgan fingerprint density at radius 3 is 3.00 bits per heavy atom. The van der Waals surface area contributed by atoms with E-state index in [0.29, 0.717) is 19.1 Å². The molecule has 0 saturated carbocycles. The van der Waals surface area contributed by atoms with Gasteiger partial charge in [0.05, 0.1) is 12.5 Å². The Kier molecular flexibility index (Phi) is 5.01. The molecule has 2 rings (SSSR count). The average Bonchev–Trinajstić information content (AvgIpc) is 2.44. The second-order valence-corrected chi connectivity index (χ2v) is 5.71. The molecule has 20 heavy (non-hydrogen) atoms. The Balaban J connectivity index is 1.94. The van der Waals surface area contributed by atoms with Crippen LogP contribution in [0.15, 0.2) is 24.3 Å². The molecule has 4 nitrogen and oxygen atoms in total. The Hall–Kier alpha value is -1.55. The predicted molar refractivity (Wildman–Crippen MR) is 80.8 cm³/mol. The zero-order valence-corrected chi connectivity index (χ0v) is 12.5. The van der Waals surface area contributed by atoms with E-state index in [1.807, 2.05) is 12.1 Å². The molecule has 1 aromatic carbocycles. The van der Waals surface area contributed by atoms with E-state index in [9.17, 15) is 4.79 Å². The second-order valence-electron chi connectivity index (χ2n) is 5.71. The first kappa shape index (κ1) is 14.9. The van der Waals surface area contributed by atoms with Crippen LogP contribution in [0.25, 0.3) is 0 Å². The summed E-state index contributed by atoms with van der Waals surface area (Å²) in [6.07, 6.45) is 0.800. The van der Waals surface area contributed by atoms with Gasteiger partial charge in [0.1, 0.15) is 0 Å². The van der Waals surface area contributed by atoms with Crippen molar-refractivity contribution in [2.75, 3.05) is 25.6 Å². The molecule has 0 radical (unpaired) electrons. The summed E-state index contributed by atoms with van der Waals surface area (Å²) in [6.45, 7) is 5.47. The molecule has 1 heterocycles. The number of carbonyl (C=O) groups is 1. The summed E-state index contributed by atoms with van der Waals surface area (Å²) < 4.78 is 5.09. The number of hydrogen-bond acceptors (Lipinski definition) is 3. The van der Waals surface area contributed by atoms with Gasteiger partial charge in [-0.2, -0.15) is 0 Å². The number of anilines is 1. The largest absolute Gasteiger partial charge is 0.384 e. The Labute approximate surface area is 120 Å². The van der Waals surface area contributed by atoms with Crippen molar-refractivity contribution in [3.63, 3.8) is 0 Å². The van der Waals surface area contributed by atoms with E-state index in [1.54, 1.807) is 7.11 Å². The first-order valence-corrected chi connectivity index (χ1v) is 7.23. The van der Waals surface area contributed by atoms with Crippen molar-refractivity contribution < 1.29 is 9.53 Å². The lowest BCUT2D eigenvalue weighted by Gasteiger charge is -2.31. The molecule has 0 fully saturated rings. The molecule has 0 aromatic heterocycles. The number of carbonyl (C=O) groups excluding carboxylic acids is 1. The minimum absolute atomic E-state index is 0.0142. The lowest BCUT2D eigenvalue weighted by molar-refractivity contribution is -0.125. The number of ether oxygens (including phenoxy) is 1. The van der Waals surface area contributed by atoms with Gasteiger partial charge in [0.25, 0.3) is 0 Å². The van der Waals surface area contributed by atoms with Crippen molar-refractivity contribution >= 4 is 11.6 Å². The molecular weight excluding hydrogens is 252 g/mol. The normalized spacial score (nSPS) is 22.6. The highest BCUT2D eigenvalue weighted by atomic mass is 16.5. The van der Waals surface area contributed by atoms with Gasteiger partial charge in [-0.05, 0) is 30.9 Å². The topological polar surface area (TPSA) is 50.4 Å². The van der Waals surface area contributed by atoms with Crippen LogP contribution in [0, 0.1) is 11.8 Å². The summed E-state index contributed by atoms with van der Waals surface area (Å²) >= 11 is 0. The van der Waals surface area contributed by atoms with E-state index < -0.39 is 0 Å². The number of methoxy groups -OCH3 is 1. The van der Waals surface area contributed by atoms with Crippen LogP contribution in [0.2, 0.25) is 0 Å². The van der Waals surface area contributed by atoms with E-state index in [2.05, 4.69) is 36.6 Å². The van der Waals surface area contributed by atoms with Crippen molar-refractivity contribution in [3.8, 4) is 0 Å². The zero-order valence-electron chi connectivity index (χ0n) is 12.5. The van der Waals surface area contributed by atoms with E-state index in [1.165, 1.54) is 5.56 Å². The molecule has 1 aliphatic rings. The summed E-state index contributed by atoms with van der Waals surface area (Å²) in [5, 5.41) is 6.46. The molecule has 3 atom stereocenters. The quantitative estimate of drug-likeness (QED) is 0.865. The number of benzene rings is 1. The van der Waals surface area contributed by atoms with Gasteiger partial charge in [-0.25, -0.2) is 0 Å². The van der Waals surface area contributed by atoms with Crippen LogP contribution in [0.5, 0.6) is 0 Å². The van der Waals surface area contributed by atoms with Gasteiger partial charge in [-0.15, -0.1) is 0 Å². The van der Waals surface area contributed by atoms with Gasteiger partial charge < -0.3 is 15.4 Å². The molecule has 3 unspecified atom stereocenters. The van der Waals surface area contributed by atoms with E-state index in [-0.39, 0.29) is 17.9 Å². The Bertz CT molecular complexity index is 462. The maximum atomic E-state index is 12.3. The Morgan fingerprint density at radius 1 is 1.50 bits per heavy atom. The summed E-state index contributed by atoms with van der Waals surface area (Å²) in [4.78, 5) is 12.3. The minimum Gasteiger partial charge on any atom is -0.384 e. The summed E-state index contributed by atoms with van der Waals surface area (Å²) in [6, 6.07) is 8.35. The standard InChI is InChI=1S/C16H24N2O2/c1-11(10-20-3)9-17-16(19)14-8-13-6-4-5-7-15(13)18-12(14)2/h4-7,11-12,14,18H,8-10H2,1-3H3,(H,17,19). The molecule has 0 aliphatic carbocycles. The fourth-order valence-electron chi connectivity index (χ4n) is 2.67. The first-order valence-electron chi connectivity index (χ1n) is 7.23. The highest BCUT2D eigenvalue weighted by molar-refractivity contribution is 5.81. The van der Waals surface area contributed by atoms with E-state index in [4.69, 9.17) is 4.74 Å². The van der Waals surface area contributed by atoms with Crippen molar-refractivity contribution in [2.24, 2.45) is 11.8 Å². The van der Waals surface area contributed by atoms with Crippen LogP contribution in [0.4, 0.5) is 5.69 Å². The van der Waals surface area contributed by atoms with Crippen LogP contribution in [-0.4, -0.2) is 32.2 Å². The molecule has 0 saturated heterocycles. The van der Waals surface area contributed by atoms with Gasteiger partial charge in [0, 0.05) is 25.4 Å². The maximum absolute atomic E-state index is 12.3. The molecule has 4 heteroatoms. The molecule has 1 aliphatic heterocycles. The number of para-hydroxylation sites is 1. The van der Waals surface area contributed by atoms with Gasteiger partial charge >= 0.3 is 0 Å². The second kappa shape index (κ2) is 6.75. The van der Waals surface area contributed by atoms with Crippen molar-refractivity contribution in [1.29, 1.82) is 0 Å². The third kappa shape index (κ3) is 3.51. The number of fused-ring (bicyclic) bond motifs is 1. The summed E-state index contributed by atoms with van der Waals surface area (Å²) in [5.74, 6) is 0.449. The minimum atomic E-state index is -0.0142. The van der Waals surface area contributed by atoms with Crippen molar-refractivity contribution in [3.05, 3.63) is 29.8 Å². The van der Waals surface area contributed by atoms with Crippen LogP contribution in [-0.2, 0) is 16.0 Å². The molecule has 110 valence electrons. The van der Waals surface area contributed by atoms with E-state index >= 15 is 0 Å². The number of rotatable bonds is 5. The van der Waals surface area contributed by atoms with Gasteiger partial charge in [-0.1, -0.05) is 25.1 Å². The fourth-order valence-corrected chi connectivity index (χ4v) is 2.67. The molecule has 1 amide bonds. The SMILES string of the molecule is COCC(C)CNC(=O)C1Cc2ccccc2NC1C. The van der Waals surface area contributed by atoms with Crippen molar-refractivity contribution in [1.82, 2.24) is 5.32 Å². The molecule has 0 spiro atoms. The monoisotopic (exact) mass is 276 g/mol. The molecular formula is C16H24N2O2. The highest BCUT2D eigenvalue weighted by Crippen LogP contribution is 2.28. The third-order valence-electron chi connectivity index (χ3n) is 3.86. The van der Waals surface area contributed by atoms with Crippen LogP contribution >= 0.6 is 0 Å². The van der Waals surface area contributed by atoms with Gasteiger partial charge in [-0.3, -0.25) is 4.79 Å². The number of nitrogens with one attached hydrogen (secondary N) is 2. The van der Waals surface area contributed by atoms with Crippen molar-refractivity contribution in [2.45, 2.75) is 26.3 Å². The lowest BCUT2D eigenvalue weighted by atomic mass is 9.87. The molecule has 1 aromatic rings. The smallest absolute Gasteiger partial charge is 0.225 e. The predicted octanol–water partition coefficient (Wildman–Crippen LogP) is 2.06. The maximum Gasteiger partial charge on any atom is 0.225 e. The van der Waals surface area contributed by atoms with E-state index in [0.717, 1.165) is 12.1 Å². The Morgan fingerprint density at radius 2 is 2.25 bits per heavy atom. The van der Waals surface area contributed by atoms with Crippen LogP contribution in [0.3, 0.4) is 0 Å². The van der Waals surface area contributed by atoms with Crippen LogP contribution < -0.4 is 10.6 Å². The van der Waals surface area contributed by atoms with Gasteiger partial charge in [0.2, 0.25) is 5.91 Å².